The van der Waals surface area contributed by atoms with Crippen molar-refractivity contribution in [2.75, 3.05) is 20.1 Å². The Bertz CT molecular complexity index is 1820. The molecule has 1 amide bonds. The zero-order valence-corrected chi connectivity index (χ0v) is 58.1. The molecule has 3 unspecified atom stereocenters. The van der Waals surface area contributed by atoms with Gasteiger partial charge in [0.05, 0.1) is 5.92 Å². The van der Waals surface area contributed by atoms with Crippen molar-refractivity contribution in [3.63, 3.8) is 0 Å². The van der Waals surface area contributed by atoms with Crippen molar-refractivity contribution in [3.8, 4) is 0 Å². The molecule has 0 heterocycles. The summed E-state index contributed by atoms with van der Waals surface area (Å²) in [6.45, 7) is 61.3. The number of allylic oxidation sites excluding steroid dienone is 4. The molecule has 1 aliphatic rings. The van der Waals surface area contributed by atoms with E-state index in [-0.39, 0.29) is 29.3 Å². The van der Waals surface area contributed by atoms with Gasteiger partial charge >= 0.3 is 0 Å². The molecule has 7 N–H and O–H groups in total. The molecule has 0 spiro atoms. The fraction of sp³-hybridized carbons (Fsp3) is 0.595. The molecule has 3 aromatic rings. The van der Waals surface area contributed by atoms with E-state index in [0.29, 0.717) is 24.6 Å². The van der Waals surface area contributed by atoms with E-state index in [2.05, 4.69) is 157 Å². The van der Waals surface area contributed by atoms with Crippen molar-refractivity contribution in [3.05, 3.63) is 146 Å². The van der Waals surface area contributed by atoms with E-state index in [1.54, 1.807) is 19.9 Å². The van der Waals surface area contributed by atoms with Crippen molar-refractivity contribution < 1.29 is 19.2 Å². The van der Waals surface area contributed by atoms with Gasteiger partial charge in [-0.25, -0.2) is 0 Å². The Kier molecular flexibility index (Phi) is 102. The molecule has 4 rings (SSSR count). The number of ketones is 2. The SMILES string of the molecule is C1CCCCC1.C=C(C(C)=O)C(C)CCN.C=C(C)C(C)CCCC.C=CC(=C)C.C=CCNC.CC.CC=O.CCC.CCC.CCC(C)=O.CCC(C)N.CCCC.C[C@H](C(N)=O)c1ccccc1.Cc1ccc2ccccc2c1. The molecular weight excluding hydrogens is 1010 g/mol. The highest BCUT2D eigenvalue weighted by atomic mass is 16.1. The summed E-state index contributed by atoms with van der Waals surface area (Å²) in [6.07, 6.45) is 25.0. The summed E-state index contributed by atoms with van der Waals surface area (Å²) >= 11 is 0. The number of benzene rings is 3. The Morgan fingerprint density at radius 3 is 1.29 bits per heavy atom. The fourth-order valence-electron chi connectivity index (χ4n) is 4.95. The van der Waals surface area contributed by atoms with Crippen LogP contribution in [0.15, 0.2) is 135 Å². The smallest absolute Gasteiger partial charge is 0.224 e. The van der Waals surface area contributed by atoms with Gasteiger partial charge in [0.2, 0.25) is 5.91 Å². The number of carbonyl (C=O) groups is 4. The maximum atomic E-state index is 10.7. The van der Waals surface area contributed by atoms with E-state index in [4.69, 9.17) is 22.0 Å². The first-order valence-corrected chi connectivity index (χ1v) is 31.3. The van der Waals surface area contributed by atoms with Gasteiger partial charge in [0.1, 0.15) is 12.1 Å². The number of primary amides is 1. The van der Waals surface area contributed by atoms with E-state index >= 15 is 0 Å². The van der Waals surface area contributed by atoms with Crippen LogP contribution >= 0.6 is 0 Å². The van der Waals surface area contributed by atoms with Crippen LogP contribution in [0.25, 0.3) is 10.8 Å². The number of Topliss-reactive ketones (excluding diaryl/α,β-unsaturated/α-hetero) is 2. The van der Waals surface area contributed by atoms with Gasteiger partial charge in [0.15, 0.2) is 5.78 Å². The molecule has 0 aromatic heterocycles. The van der Waals surface area contributed by atoms with Crippen LogP contribution in [0.5, 0.6) is 0 Å². The molecule has 1 aliphatic carbocycles. The standard InChI is InChI=1S/C11H10.C9H11NO.C9H18.C8H15NO.C6H12.C5H8.C4H9N.C4H11N.C4H8O.C4H10.2C3H8.C2H4O.C2H6/c1-9-6-7-10-4-2-3-5-11(10)8-9;1-7(9(10)11)8-5-3-2-4-6-8;1-5-6-7-9(4)8(2)3;1-6(4-5-9)7(2)8(3)10;1-2-4-6-5-3-1;1-4-5(2)3;1-3-4-5-2;2*1-3-4(2)5;1-3-4-2;2*1-3-2;1-2-3;1-2/h2-8H,1H3;2-7H,1H3,(H2,10,11);9H,2,5-7H2,1,3-4H3;6H,2,4-5,9H2,1,3H3;1-6H2;4H,1-2H2,3H3;3,5H,1,4H2,2H3;4H,3,5H2,1-2H3;3H2,1-2H3;3-4H2,1-2H3;2*3H2,1-2H3;2H,1H3;1-2H3/t;7-;;;;;;;;;;;;/m.0............/s1. The van der Waals surface area contributed by atoms with Crippen molar-refractivity contribution in [1.29, 1.82) is 0 Å². The monoisotopic (exact) mass is 1150 g/mol. The number of nitrogens with one attached hydrogen (secondary N) is 1. The number of amides is 1. The number of likely N-dealkylation sites (N-methyl/N-ethyl adjacent to an activating group) is 1. The van der Waals surface area contributed by atoms with Crippen molar-refractivity contribution in [1.82, 2.24) is 5.32 Å². The van der Waals surface area contributed by atoms with Crippen LogP contribution in [0.2, 0.25) is 0 Å². The van der Waals surface area contributed by atoms with E-state index in [9.17, 15) is 14.4 Å². The zero-order chi connectivity index (χ0) is 66.1. The van der Waals surface area contributed by atoms with Gasteiger partial charge in [0.25, 0.3) is 0 Å². The van der Waals surface area contributed by atoms with E-state index in [0.717, 1.165) is 42.7 Å². The molecule has 0 aliphatic heterocycles. The summed E-state index contributed by atoms with van der Waals surface area (Å²) in [7, 11) is 1.89. The highest BCUT2D eigenvalue weighted by Crippen LogP contribution is 2.17. The first-order valence-electron chi connectivity index (χ1n) is 31.3. The average molecular weight is 1150 g/mol. The quantitative estimate of drug-likeness (QED) is 0.0481. The maximum Gasteiger partial charge on any atom is 0.224 e. The number of aryl methyl sites for hydroxylation is 1. The predicted octanol–water partition coefficient (Wildman–Crippen LogP) is 21.0. The van der Waals surface area contributed by atoms with Crippen LogP contribution in [-0.4, -0.2) is 49.9 Å². The van der Waals surface area contributed by atoms with Crippen LogP contribution in [0.1, 0.15) is 258 Å². The molecule has 1 saturated carbocycles. The second kappa shape index (κ2) is 84.8. The molecule has 3 aromatic carbocycles. The van der Waals surface area contributed by atoms with Crippen LogP contribution in [-0.2, 0) is 19.2 Å². The molecule has 1 fully saturated rings. The number of rotatable bonds is 16. The van der Waals surface area contributed by atoms with E-state index < -0.39 is 0 Å². The highest BCUT2D eigenvalue weighted by molar-refractivity contribution is 5.93. The first kappa shape index (κ1) is 99.1. The van der Waals surface area contributed by atoms with Gasteiger partial charge in [-0.3, -0.25) is 9.59 Å². The Morgan fingerprint density at radius 2 is 1.04 bits per heavy atom. The Hall–Kier alpha value is -5.02. The van der Waals surface area contributed by atoms with Crippen molar-refractivity contribution >= 4 is 34.5 Å². The van der Waals surface area contributed by atoms with Gasteiger partial charge in [-0.05, 0) is 122 Å². The third-order valence-electron chi connectivity index (χ3n) is 10.9. The normalized spacial score (nSPS) is 11.1. The minimum Gasteiger partial charge on any atom is -0.369 e. The van der Waals surface area contributed by atoms with Gasteiger partial charge in [-0.1, -0.05) is 295 Å². The summed E-state index contributed by atoms with van der Waals surface area (Å²) < 4.78 is 0. The summed E-state index contributed by atoms with van der Waals surface area (Å²) in [6, 6.07) is 24.8. The largest absolute Gasteiger partial charge is 0.369 e. The van der Waals surface area contributed by atoms with Crippen LogP contribution < -0.4 is 22.5 Å². The lowest BCUT2D eigenvalue weighted by molar-refractivity contribution is -0.119. The molecular formula is C74H138N4O4. The minimum absolute atomic E-state index is 0.0703. The van der Waals surface area contributed by atoms with Crippen molar-refractivity contribution in [2.24, 2.45) is 29.0 Å². The summed E-state index contributed by atoms with van der Waals surface area (Å²) in [5.74, 6) is 0.825. The highest BCUT2D eigenvalue weighted by Gasteiger charge is 2.10. The number of fused-ring (bicyclic) bond motifs is 1. The number of hydrogen-bond acceptors (Lipinski definition) is 7. The number of carbonyl (C=O) groups excluding carboxylic acids is 4. The van der Waals surface area contributed by atoms with Crippen LogP contribution in [0.4, 0.5) is 0 Å². The Labute approximate surface area is 511 Å². The Balaban J connectivity index is -0.0000000875. The topological polar surface area (TPSA) is 158 Å². The zero-order valence-electron chi connectivity index (χ0n) is 58.1. The molecule has 0 saturated heterocycles. The lowest BCUT2D eigenvalue weighted by Gasteiger charge is -2.09. The molecule has 82 heavy (non-hydrogen) atoms. The van der Waals surface area contributed by atoms with Gasteiger partial charge < -0.3 is 32.1 Å². The molecule has 4 atom stereocenters. The molecule has 8 heteroatoms. The summed E-state index contributed by atoms with van der Waals surface area (Å²) in [4.78, 5) is 40.1. The molecule has 0 radical (unpaired) electrons. The molecule has 478 valence electrons. The maximum absolute atomic E-state index is 10.7. The third kappa shape index (κ3) is 97.2. The predicted molar refractivity (Wildman–Crippen MR) is 376 cm³/mol. The summed E-state index contributed by atoms with van der Waals surface area (Å²) in [5.41, 5.74) is 21.1. The Morgan fingerprint density at radius 1 is 0.659 bits per heavy atom. The minimum atomic E-state index is -0.281. The third-order valence-corrected chi connectivity index (χ3v) is 10.9. The second-order valence-corrected chi connectivity index (χ2v) is 19.9. The average Bonchev–Trinajstić information content (AvgIpc) is 3.47. The second-order valence-electron chi connectivity index (χ2n) is 19.9. The lowest BCUT2D eigenvalue weighted by Crippen LogP contribution is -2.18. The number of aldehydes is 1. The number of nitrogens with two attached hydrogens (primary N) is 3. The van der Waals surface area contributed by atoms with Gasteiger partial charge in [0, 0.05) is 19.0 Å². The fourth-order valence-corrected chi connectivity index (χ4v) is 4.95. The first-order chi connectivity index (χ1) is 38.7. The van der Waals surface area contributed by atoms with E-state index in [1.807, 2.05) is 85.0 Å². The molecule has 8 nitrogen and oxygen atoms in total. The van der Waals surface area contributed by atoms with E-state index in [1.165, 1.54) is 119 Å². The molecule has 0 bridgehead atoms. The number of hydrogen-bond donors (Lipinski definition) is 4. The van der Waals surface area contributed by atoms with Gasteiger partial charge in [-0.2, -0.15) is 0 Å². The van der Waals surface area contributed by atoms with Crippen molar-refractivity contribution in [2.45, 2.75) is 260 Å². The lowest BCUT2D eigenvalue weighted by atomic mass is 9.96. The van der Waals surface area contributed by atoms with Crippen LogP contribution in [0.3, 0.4) is 0 Å². The number of unbranched alkanes of at least 4 members (excludes halogenated alkanes) is 2. The van der Waals surface area contributed by atoms with Gasteiger partial charge in [-0.15, -0.1) is 6.58 Å². The van der Waals surface area contributed by atoms with Crippen LogP contribution in [0, 0.1) is 18.8 Å². The summed E-state index contributed by atoms with van der Waals surface area (Å²) in [5, 5.41) is 5.54.